The fourth-order valence-electron chi connectivity index (χ4n) is 3.63. The lowest BCUT2D eigenvalue weighted by Crippen LogP contribution is -2.24. The van der Waals surface area contributed by atoms with Crippen LogP contribution in [0.2, 0.25) is 0 Å². The Hall–Kier alpha value is -0.660. The summed E-state index contributed by atoms with van der Waals surface area (Å²) in [4.78, 5) is 23.1. The third-order valence-electron chi connectivity index (χ3n) is 5.24. The predicted molar refractivity (Wildman–Crippen MR) is 97.7 cm³/mol. The van der Waals surface area contributed by atoms with Gasteiger partial charge in [-0.15, -0.1) is 0 Å². The predicted octanol–water partition coefficient (Wildman–Crippen LogP) is 6.41. The molecule has 0 aliphatic heterocycles. The molecule has 0 aromatic heterocycles. The van der Waals surface area contributed by atoms with Gasteiger partial charge in [-0.2, -0.15) is 0 Å². The Kier molecular flexibility index (Phi) is 12.2. The number of Topliss-reactive ketones (excluding diaryl/α,β-unsaturated/α-hetero) is 2. The molecule has 0 radical (unpaired) electrons. The van der Waals surface area contributed by atoms with Crippen LogP contribution in [0.1, 0.15) is 116 Å². The molecule has 1 fully saturated rings. The zero-order valence-corrected chi connectivity index (χ0v) is 15.4. The van der Waals surface area contributed by atoms with E-state index in [9.17, 15) is 9.59 Å². The first-order chi connectivity index (χ1) is 11.2. The summed E-state index contributed by atoms with van der Waals surface area (Å²) in [5, 5.41) is 0. The molecule has 0 heterocycles. The van der Waals surface area contributed by atoms with Crippen LogP contribution in [0.5, 0.6) is 0 Å². The monoisotopic (exact) mass is 322 g/mol. The van der Waals surface area contributed by atoms with Gasteiger partial charge in [-0.25, -0.2) is 0 Å². The number of ketones is 2. The molecule has 0 spiro atoms. The van der Waals surface area contributed by atoms with Crippen molar-refractivity contribution in [1.82, 2.24) is 0 Å². The van der Waals surface area contributed by atoms with Crippen molar-refractivity contribution in [2.24, 2.45) is 5.92 Å². The molecule has 0 saturated heterocycles. The molecule has 0 N–H and O–H groups in total. The van der Waals surface area contributed by atoms with Crippen molar-refractivity contribution in [3.63, 3.8) is 0 Å². The lowest BCUT2D eigenvalue weighted by molar-refractivity contribution is -0.133. The van der Waals surface area contributed by atoms with Crippen molar-refractivity contribution in [3.05, 3.63) is 0 Å². The Morgan fingerprint density at radius 3 is 1.70 bits per heavy atom. The first-order valence-electron chi connectivity index (χ1n) is 10.3. The van der Waals surface area contributed by atoms with Crippen LogP contribution in [-0.2, 0) is 9.59 Å². The van der Waals surface area contributed by atoms with Crippen LogP contribution in [0.4, 0.5) is 0 Å². The van der Waals surface area contributed by atoms with Crippen molar-refractivity contribution in [3.8, 4) is 0 Å². The number of unbranched alkanes of at least 4 members (excludes halogenated alkanes) is 12. The highest BCUT2D eigenvalue weighted by Gasteiger charge is 2.26. The molecule has 1 saturated carbocycles. The number of carbonyl (C=O) groups is 2. The van der Waals surface area contributed by atoms with Crippen LogP contribution in [0.15, 0.2) is 0 Å². The second-order valence-corrected chi connectivity index (χ2v) is 7.44. The molecule has 0 aromatic rings. The fraction of sp³-hybridized carbons (Fsp3) is 0.905. The van der Waals surface area contributed by atoms with E-state index in [1.807, 2.05) is 0 Å². The quantitative estimate of drug-likeness (QED) is 0.346. The third kappa shape index (κ3) is 10.7. The minimum atomic E-state index is 0.0592. The molecule has 1 aliphatic carbocycles. The zero-order chi connectivity index (χ0) is 16.8. The van der Waals surface area contributed by atoms with Gasteiger partial charge < -0.3 is 0 Å². The van der Waals surface area contributed by atoms with Crippen LogP contribution < -0.4 is 0 Å². The summed E-state index contributed by atoms with van der Waals surface area (Å²) in [6, 6.07) is 0. The summed E-state index contributed by atoms with van der Waals surface area (Å²) in [6.07, 6.45) is 20.1. The van der Waals surface area contributed by atoms with Gasteiger partial charge >= 0.3 is 0 Å². The maximum absolute atomic E-state index is 11.7. The van der Waals surface area contributed by atoms with Gasteiger partial charge in [0.05, 0.1) is 0 Å². The van der Waals surface area contributed by atoms with Gasteiger partial charge in [-0.3, -0.25) is 9.59 Å². The fourth-order valence-corrected chi connectivity index (χ4v) is 3.63. The number of carbonyl (C=O) groups excluding carboxylic acids is 2. The molecular formula is C21H38O2. The second kappa shape index (κ2) is 13.7. The molecule has 0 aromatic carbocycles. The van der Waals surface area contributed by atoms with Gasteiger partial charge in [0.25, 0.3) is 0 Å². The highest BCUT2D eigenvalue weighted by atomic mass is 16.1. The standard InChI is InChI=1S/C21H38O2/c1-2-3-4-5-6-7-8-9-10-11-12-13-14-15-19-18-20(22)16-17-21(19)23/h19H,2-18H2,1H3. The van der Waals surface area contributed by atoms with Gasteiger partial charge in [-0.1, -0.05) is 90.4 Å². The maximum atomic E-state index is 11.7. The van der Waals surface area contributed by atoms with Crippen LogP contribution in [0, 0.1) is 5.92 Å². The minimum Gasteiger partial charge on any atom is -0.300 e. The largest absolute Gasteiger partial charge is 0.300 e. The molecule has 1 unspecified atom stereocenters. The molecule has 1 atom stereocenters. The topological polar surface area (TPSA) is 34.1 Å². The van der Waals surface area contributed by atoms with Crippen molar-refractivity contribution in [1.29, 1.82) is 0 Å². The van der Waals surface area contributed by atoms with E-state index in [0.29, 0.717) is 30.8 Å². The number of rotatable bonds is 14. The summed E-state index contributed by atoms with van der Waals surface area (Å²) in [6.45, 7) is 2.27. The van der Waals surface area contributed by atoms with E-state index in [-0.39, 0.29) is 5.92 Å². The van der Waals surface area contributed by atoms with E-state index >= 15 is 0 Å². The van der Waals surface area contributed by atoms with Gasteiger partial charge in [0, 0.05) is 25.2 Å². The van der Waals surface area contributed by atoms with Crippen LogP contribution >= 0.6 is 0 Å². The highest BCUT2D eigenvalue weighted by molar-refractivity contribution is 5.94. The molecule has 1 aliphatic rings. The van der Waals surface area contributed by atoms with Crippen molar-refractivity contribution >= 4 is 11.6 Å². The summed E-state index contributed by atoms with van der Waals surface area (Å²) in [5.41, 5.74) is 0. The zero-order valence-electron chi connectivity index (χ0n) is 15.4. The highest BCUT2D eigenvalue weighted by Crippen LogP contribution is 2.23. The smallest absolute Gasteiger partial charge is 0.136 e. The molecule has 23 heavy (non-hydrogen) atoms. The third-order valence-corrected chi connectivity index (χ3v) is 5.24. The second-order valence-electron chi connectivity index (χ2n) is 7.44. The summed E-state index contributed by atoms with van der Waals surface area (Å²) in [5.74, 6) is 0.691. The first-order valence-corrected chi connectivity index (χ1v) is 10.3. The molecule has 0 amide bonds. The Morgan fingerprint density at radius 1 is 0.696 bits per heavy atom. The van der Waals surface area contributed by atoms with E-state index in [4.69, 9.17) is 0 Å². The van der Waals surface area contributed by atoms with E-state index in [2.05, 4.69) is 6.92 Å². The Bertz CT molecular complexity index is 322. The Balaban J connectivity index is 1.81. The summed E-state index contributed by atoms with van der Waals surface area (Å²) < 4.78 is 0. The lowest BCUT2D eigenvalue weighted by atomic mass is 9.83. The SMILES string of the molecule is CCCCCCCCCCCCCCCC1CC(=O)CCC1=O. The Morgan fingerprint density at radius 2 is 1.17 bits per heavy atom. The molecule has 1 rings (SSSR count). The molecule has 0 bridgehead atoms. The van der Waals surface area contributed by atoms with Gasteiger partial charge in [-0.05, 0) is 6.42 Å². The van der Waals surface area contributed by atoms with E-state index < -0.39 is 0 Å². The lowest BCUT2D eigenvalue weighted by Gasteiger charge is -2.19. The van der Waals surface area contributed by atoms with Gasteiger partial charge in [0.2, 0.25) is 0 Å². The Labute approximate surface area is 143 Å². The van der Waals surface area contributed by atoms with Gasteiger partial charge in [0.15, 0.2) is 0 Å². The summed E-state index contributed by atoms with van der Waals surface area (Å²) in [7, 11) is 0. The number of hydrogen-bond acceptors (Lipinski definition) is 2. The maximum Gasteiger partial charge on any atom is 0.136 e. The van der Waals surface area contributed by atoms with Crippen molar-refractivity contribution < 1.29 is 9.59 Å². The van der Waals surface area contributed by atoms with Crippen molar-refractivity contribution in [2.45, 2.75) is 116 Å². The number of hydrogen-bond donors (Lipinski definition) is 0. The van der Waals surface area contributed by atoms with E-state index in [1.165, 1.54) is 77.0 Å². The molecule has 2 nitrogen and oxygen atoms in total. The average molecular weight is 323 g/mol. The van der Waals surface area contributed by atoms with Crippen LogP contribution in [0.3, 0.4) is 0 Å². The van der Waals surface area contributed by atoms with Crippen molar-refractivity contribution in [2.75, 3.05) is 0 Å². The summed E-state index contributed by atoms with van der Waals surface area (Å²) >= 11 is 0. The van der Waals surface area contributed by atoms with E-state index in [1.54, 1.807) is 0 Å². The first kappa shape index (κ1) is 20.4. The molecular weight excluding hydrogens is 284 g/mol. The van der Waals surface area contributed by atoms with Gasteiger partial charge in [0.1, 0.15) is 11.6 Å². The van der Waals surface area contributed by atoms with Crippen LogP contribution in [-0.4, -0.2) is 11.6 Å². The normalized spacial score (nSPS) is 18.6. The molecule has 2 heteroatoms. The van der Waals surface area contributed by atoms with E-state index in [0.717, 1.165) is 12.8 Å². The minimum absolute atomic E-state index is 0.0592. The average Bonchev–Trinajstić information content (AvgIpc) is 2.55. The molecule has 134 valence electrons. The van der Waals surface area contributed by atoms with Crippen LogP contribution in [0.25, 0.3) is 0 Å².